The number of hydrogen-bond acceptors (Lipinski definition) is 2. The molecule has 0 aromatic heterocycles. The highest BCUT2D eigenvalue weighted by molar-refractivity contribution is 4.90. The third kappa shape index (κ3) is 3.46. The fraction of sp³-hybridized carbons (Fsp3) is 1.00. The highest BCUT2D eigenvalue weighted by Gasteiger charge is 2.31. The first-order chi connectivity index (χ1) is 7.20. The summed E-state index contributed by atoms with van der Waals surface area (Å²) in [5.74, 6) is 0. The van der Waals surface area contributed by atoms with Gasteiger partial charge < -0.3 is 5.32 Å². The standard InChI is InChI=1S/C13H28N2/c1-5-8-11(3)15(4)13-10-7-9-12(13)14-6-2/h11-14H,5-10H2,1-4H3. The molecule has 0 aromatic carbocycles. The average molecular weight is 212 g/mol. The molecule has 1 rings (SSSR count). The van der Waals surface area contributed by atoms with Crippen LogP contribution in [0.5, 0.6) is 0 Å². The molecular formula is C13H28N2. The van der Waals surface area contributed by atoms with Crippen molar-refractivity contribution in [1.82, 2.24) is 10.2 Å². The van der Waals surface area contributed by atoms with Gasteiger partial charge in [-0.25, -0.2) is 0 Å². The molecule has 2 nitrogen and oxygen atoms in total. The maximum Gasteiger partial charge on any atom is 0.0249 e. The molecule has 0 heterocycles. The molecule has 2 heteroatoms. The van der Waals surface area contributed by atoms with E-state index in [1.54, 1.807) is 0 Å². The molecular weight excluding hydrogens is 184 g/mol. The van der Waals surface area contributed by atoms with Crippen molar-refractivity contribution in [2.45, 2.75) is 71.0 Å². The van der Waals surface area contributed by atoms with Crippen LogP contribution in [0.3, 0.4) is 0 Å². The first kappa shape index (κ1) is 13.0. The molecule has 1 N–H and O–H groups in total. The average Bonchev–Trinajstić information content (AvgIpc) is 2.66. The normalized spacial score (nSPS) is 28.6. The Morgan fingerprint density at radius 1 is 1.33 bits per heavy atom. The summed E-state index contributed by atoms with van der Waals surface area (Å²) < 4.78 is 0. The van der Waals surface area contributed by atoms with Crippen molar-refractivity contribution in [2.24, 2.45) is 0 Å². The Morgan fingerprint density at radius 3 is 2.67 bits per heavy atom. The maximum absolute atomic E-state index is 3.63. The van der Waals surface area contributed by atoms with Gasteiger partial charge in [-0.05, 0) is 39.8 Å². The van der Waals surface area contributed by atoms with Gasteiger partial charge in [0.15, 0.2) is 0 Å². The van der Waals surface area contributed by atoms with Crippen molar-refractivity contribution < 1.29 is 0 Å². The molecule has 0 amide bonds. The lowest BCUT2D eigenvalue weighted by Gasteiger charge is -2.34. The molecule has 0 aliphatic heterocycles. The first-order valence-corrected chi connectivity index (χ1v) is 6.66. The topological polar surface area (TPSA) is 15.3 Å². The molecule has 0 saturated heterocycles. The third-order valence-electron chi connectivity index (χ3n) is 3.87. The highest BCUT2D eigenvalue weighted by atomic mass is 15.2. The van der Waals surface area contributed by atoms with Crippen LogP contribution in [0.2, 0.25) is 0 Å². The quantitative estimate of drug-likeness (QED) is 0.728. The van der Waals surface area contributed by atoms with Gasteiger partial charge in [0, 0.05) is 18.1 Å². The minimum absolute atomic E-state index is 0.735. The van der Waals surface area contributed by atoms with Crippen LogP contribution in [-0.4, -0.2) is 36.6 Å². The first-order valence-electron chi connectivity index (χ1n) is 6.66. The van der Waals surface area contributed by atoms with Crippen molar-refractivity contribution in [1.29, 1.82) is 0 Å². The Kier molecular flexibility index (Phi) is 5.62. The summed E-state index contributed by atoms with van der Waals surface area (Å²) in [5.41, 5.74) is 0. The van der Waals surface area contributed by atoms with Crippen molar-refractivity contribution in [3.63, 3.8) is 0 Å². The van der Waals surface area contributed by atoms with E-state index in [0.29, 0.717) is 0 Å². The molecule has 0 aromatic rings. The number of likely N-dealkylation sites (N-methyl/N-ethyl adjacent to an activating group) is 2. The summed E-state index contributed by atoms with van der Waals surface area (Å²) in [6.45, 7) is 7.97. The number of rotatable bonds is 6. The van der Waals surface area contributed by atoms with Gasteiger partial charge in [0.25, 0.3) is 0 Å². The van der Waals surface area contributed by atoms with Gasteiger partial charge in [-0.1, -0.05) is 26.7 Å². The van der Waals surface area contributed by atoms with Crippen LogP contribution in [-0.2, 0) is 0 Å². The molecule has 0 bridgehead atoms. The molecule has 1 aliphatic rings. The zero-order valence-corrected chi connectivity index (χ0v) is 10.9. The lowest BCUT2D eigenvalue weighted by molar-refractivity contribution is 0.155. The lowest BCUT2D eigenvalue weighted by atomic mass is 10.1. The minimum Gasteiger partial charge on any atom is -0.313 e. The Labute approximate surface area is 95.4 Å². The molecule has 3 unspecified atom stereocenters. The van der Waals surface area contributed by atoms with Crippen molar-refractivity contribution in [3.8, 4) is 0 Å². The lowest BCUT2D eigenvalue weighted by Crippen LogP contribution is -2.48. The fourth-order valence-corrected chi connectivity index (χ4v) is 2.88. The van der Waals surface area contributed by atoms with E-state index in [-0.39, 0.29) is 0 Å². The SMILES string of the molecule is CCCC(C)N(C)C1CCCC1NCC. The van der Waals surface area contributed by atoms with Gasteiger partial charge >= 0.3 is 0 Å². The second kappa shape index (κ2) is 6.49. The van der Waals surface area contributed by atoms with Crippen LogP contribution in [0, 0.1) is 0 Å². The van der Waals surface area contributed by atoms with Gasteiger partial charge in [0.05, 0.1) is 0 Å². The minimum atomic E-state index is 0.735. The second-order valence-electron chi connectivity index (χ2n) is 4.97. The van der Waals surface area contributed by atoms with E-state index < -0.39 is 0 Å². The molecule has 90 valence electrons. The van der Waals surface area contributed by atoms with E-state index >= 15 is 0 Å². The summed E-state index contributed by atoms with van der Waals surface area (Å²) in [6, 6.07) is 2.24. The maximum atomic E-state index is 3.63. The van der Waals surface area contributed by atoms with Crippen LogP contribution in [0.25, 0.3) is 0 Å². The molecule has 3 atom stereocenters. The van der Waals surface area contributed by atoms with E-state index in [4.69, 9.17) is 0 Å². The zero-order valence-electron chi connectivity index (χ0n) is 10.9. The van der Waals surface area contributed by atoms with Gasteiger partial charge in [-0.3, -0.25) is 4.90 Å². The smallest absolute Gasteiger partial charge is 0.0249 e. The van der Waals surface area contributed by atoms with Gasteiger partial charge in [-0.2, -0.15) is 0 Å². The van der Waals surface area contributed by atoms with E-state index in [1.807, 2.05) is 0 Å². The van der Waals surface area contributed by atoms with E-state index in [1.165, 1.54) is 32.1 Å². The summed E-state index contributed by atoms with van der Waals surface area (Å²) in [6.07, 6.45) is 6.76. The van der Waals surface area contributed by atoms with E-state index in [2.05, 4.69) is 38.0 Å². The molecule has 0 radical (unpaired) electrons. The predicted octanol–water partition coefficient (Wildman–Crippen LogP) is 2.64. The monoisotopic (exact) mass is 212 g/mol. The highest BCUT2D eigenvalue weighted by Crippen LogP contribution is 2.25. The Morgan fingerprint density at radius 2 is 2.07 bits per heavy atom. The zero-order chi connectivity index (χ0) is 11.3. The predicted molar refractivity (Wildman–Crippen MR) is 67.2 cm³/mol. The van der Waals surface area contributed by atoms with Gasteiger partial charge in [-0.15, -0.1) is 0 Å². The molecule has 1 saturated carbocycles. The van der Waals surface area contributed by atoms with Crippen LogP contribution in [0.15, 0.2) is 0 Å². The Hall–Kier alpha value is -0.0800. The van der Waals surface area contributed by atoms with E-state index in [0.717, 1.165) is 24.7 Å². The second-order valence-corrected chi connectivity index (χ2v) is 4.97. The summed E-state index contributed by atoms with van der Waals surface area (Å²) in [4.78, 5) is 2.60. The summed E-state index contributed by atoms with van der Waals surface area (Å²) in [5, 5.41) is 3.63. The summed E-state index contributed by atoms with van der Waals surface area (Å²) in [7, 11) is 2.31. The Balaban J connectivity index is 2.45. The Bertz CT molecular complexity index is 170. The van der Waals surface area contributed by atoms with E-state index in [9.17, 15) is 0 Å². The van der Waals surface area contributed by atoms with Gasteiger partial charge in [0.2, 0.25) is 0 Å². The molecule has 1 fully saturated rings. The number of hydrogen-bond donors (Lipinski definition) is 1. The van der Waals surface area contributed by atoms with Crippen LogP contribution < -0.4 is 5.32 Å². The van der Waals surface area contributed by atoms with Crippen molar-refractivity contribution in [2.75, 3.05) is 13.6 Å². The van der Waals surface area contributed by atoms with Crippen LogP contribution in [0.1, 0.15) is 52.9 Å². The summed E-state index contributed by atoms with van der Waals surface area (Å²) >= 11 is 0. The number of nitrogens with zero attached hydrogens (tertiary/aromatic N) is 1. The fourth-order valence-electron chi connectivity index (χ4n) is 2.88. The largest absolute Gasteiger partial charge is 0.313 e. The molecule has 0 spiro atoms. The van der Waals surface area contributed by atoms with Crippen molar-refractivity contribution >= 4 is 0 Å². The van der Waals surface area contributed by atoms with Crippen LogP contribution in [0.4, 0.5) is 0 Å². The van der Waals surface area contributed by atoms with Gasteiger partial charge in [0.1, 0.15) is 0 Å². The molecule has 1 aliphatic carbocycles. The number of nitrogens with one attached hydrogen (secondary N) is 1. The third-order valence-corrected chi connectivity index (χ3v) is 3.87. The molecule has 15 heavy (non-hydrogen) atoms. The van der Waals surface area contributed by atoms with Crippen LogP contribution >= 0.6 is 0 Å². The van der Waals surface area contributed by atoms with Crippen molar-refractivity contribution in [3.05, 3.63) is 0 Å².